The highest BCUT2D eigenvalue weighted by atomic mass is 16.5. The molecule has 2 rings (SSSR count). The van der Waals surface area contributed by atoms with Gasteiger partial charge in [-0.1, -0.05) is 31.9 Å². The highest BCUT2D eigenvalue weighted by molar-refractivity contribution is 5.99. The molecular weight excluding hydrogens is 302 g/mol. The van der Waals surface area contributed by atoms with E-state index >= 15 is 0 Å². The second-order valence-corrected chi connectivity index (χ2v) is 5.41. The van der Waals surface area contributed by atoms with E-state index in [0.717, 1.165) is 24.3 Å². The molecule has 0 bridgehead atoms. The van der Waals surface area contributed by atoms with Gasteiger partial charge >= 0.3 is 0 Å². The predicted molar refractivity (Wildman–Crippen MR) is 97.4 cm³/mol. The molecule has 0 unspecified atom stereocenters. The van der Waals surface area contributed by atoms with E-state index in [2.05, 4.69) is 17.5 Å². The van der Waals surface area contributed by atoms with Crippen LogP contribution < -0.4 is 15.9 Å². The first-order valence-electron chi connectivity index (χ1n) is 8.11. The van der Waals surface area contributed by atoms with Crippen LogP contribution in [-0.4, -0.2) is 18.7 Å². The van der Waals surface area contributed by atoms with Gasteiger partial charge in [-0.25, -0.2) is 5.43 Å². The van der Waals surface area contributed by atoms with Crippen LogP contribution in [-0.2, 0) is 0 Å². The predicted octanol–water partition coefficient (Wildman–Crippen LogP) is 3.60. The number of anilines is 1. The van der Waals surface area contributed by atoms with Crippen molar-refractivity contribution >= 4 is 17.8 Å². The molecule has 3 N–H and O–H groups in total. The Labute approximate surface area is 142 Å². The summed E-state index contributed by atoms with van der Waals surface area (Å²) < 4.78 is 5.65. The smallest absolute Gasteiger partial charge is 0.273 e. The normalized spacial score (nSPS) is 10.7. The number of ether oxygens (including phenoxy) is 1. The Bertz CT molecular complexity index is 681. The maximum atomic E-state index is 12.0. The molecular formula is C19H23N3O2. The lowest BCUT2D eigenvalue weighted by atomic mass is 10.2. The summed E-state index contributed by atoms with van der Waals surface area (Å²) in [6.07, 6.45) is 5.00. The minimum atomic E-state index is -0.333. The third kappa shape index (κ3) is 5.43. The Kier molecular flexibility index (Phi) is 6.83. The van der Waals surface area contributed by atoms with Gasteiger partial charge in [0.05, 0.1) is 18.4 Å². The molecule has 126 valence electrons. The van der Waals surface area contributed by atoms with Crippen LogP contribution in [0.25, 0.3) is 0 Å². The standard InChI is InChI=1S/C19H23N3O2/c1-2-3-6-13-24-16-11-9-15(10-12-16)14-21-22-19(23)17-7-4-5-8-18(17)20/h4-5,7-12,14H,2-3,6,13,20H2,1H3,(H,22,23)/b21-14-. The minimum absolute atomic E-state index is 0.333. The molecule has 0 aromatic heterocycles. The molecule has 0 radical (unpaired) electrons. The van der Waals surface area contributed by atoms with E-state index in [-0.39, 0.29) is 5.91 Å². The Hall–Kier alpha value is -2.82. The Balaban J connectivity index is 1.84. The molecule has 0 spiro atoms. The van der Waals surface area contributed by atoms with Crippen molar-refractivity contribution in [1.82, 2.24) is 5.43 Å². The number of carbonyl (C=O) groups is 1. The quantitative estimate of drug-likeness (QED) is 0.337. The van der Waals surface area contributed by atoms with Crippen molar-refractivity contribution in [3.63, 3.8) is 0 Å². The maximum absolute atomic E-state index is 12.0. The molecule has 0 aliphatic heterocycles. The number of nitrogens with two attached hydrogens (primary N) is 1. The average Bonchev–Trinajstić information content (AvgIpc) is 2.60. The highest BCUT2D eigenvalue weighted by Gasteiger charge is 2.06. The molecule has 1 amide bonds. The monoisotopic (exact) mass is 325 g/mol. The summed E-state index contributed by atoms with van der Waals surface area (Å²) in [6, 6.07) is 14.4. The van der Waals surface area contributed by atoms with Crippen molar-refractivity contribution in [2.24, 2.45) is 5.10 Å². The van der Waals surface area contributed by atoms with Crippen LogP contribution in [0.3, 0.4) is 0 Å². The molecule has 0 atom stereocenters. The number of para-hydroxylation sites is 1. The van der Waals surface area contributed by atoms with E-state index in [1.54, 1.807) is 30.5 Å². The van der Waals surface area contributed by atoms with E-state index in [1.165, 1.54) is 12.8 Å². The van der Waals surface area contributed by atoms with Gasteiger partial charge in [-0.15, -0.1) is 0 Å². The molecule has 5 nitrogen and oxygen atoms in total. The van der Waals surface area contributed by atoms with Crippen LogP contribution in [0.5, 0.6) is 5.75 Å². The molecule has 0 aliphatic carbocycles. The Morgan fingerprint density at radius 3 is 2.62 bits per heavy atom. The summed E-state index contributed by atoms with van der Waals surface area (Å²) in [5, 5.41) is 3.95. The Morgan fingerprint density at radius 2 is 1.92 bits per heavy atom. The van der Waals surface area contributed by atoms with Crippen molar-refractivity contribution in [3.8, 4) is 5.75 Å². The van der Waals surface area contributed by atoms with Gasteiger partial charge in [-0.05, 0) is 48.4 Å². The number of rotatable bonds is 8. The van der Waals surface area contributed by atoms with E-state index in [9.17, 15) is 4.79 Å². The maximum Gasteiger partial charge on any atom is 0.273 e. The first-order valence-corrected chi connectivity index (χ1v) is 8.11. The van der Waals surface area contributed by atoms with Crippen LogP contribution in [0.4, 0.5) is 5.69 Å². The zero-order valence-electron chi connectivity index (χ0n) is 13.9. The lowest BCUT2D eigenvalue weighted by molar-refractivity contribution is 0.0956. The van der Waals surface area contributed by atoms with Crippen molar-refractivity contribution < 1.29 is 9.53 Å². The highest BCUT2D eigenvalue weighted by Crippen LogP contribution is 2.12. The van der Waals surface area contributed by atoms with Crippen molar-refractivity contribution in [2.75, 3.05) is 12.3 Å². The van der Waals surface area contributed by atoms with Gasteiger partial charge in [0.15, 0.2) is 0 Å². The number of nitrogens with one attached hydrogen (secondary N) is 1. The van der Waals surface area contributed by atoms with Crippen molar-refractivity contribution in [1.29, 1.82) is 0 Å². The van der Waals surface area contributed by atoms with E-state index in [1.807, 2.05) is 24.3 Å². The van der Waals surface area contributed by atoms with Crippen LogP contribution >= 0.6 is 0 Å². The number of unbranched alkanes of at least 4 members (excludes halogenated alkanes) is 2. The second-order valence-electron chi connectivity index (χ2n) is 5.41. The average molecular weight is 325 g/mol. The van der Waals surface area contributed by atoms with E-state index in [0.29, 0.717) is 11.3 Å². The van der Waals surface area contributed by atoms with E-state index in [4.69, 9.17) is 10.5 Å². The van der Waals surface area contributed by atoms with Crippen LogP contribution in [0.2, 0.25) is 0 Å². The van der Waals surface area contributed by atoms with Gasteiger partial charge in [0, 0.05) is 5.69 Å². The third-order valence-electron chi connectivity index (χ3n) is 3.48. The van der Waals surface area contributed by atoms with Gasteiger partial charge in [0.1, 0.15) is 5.75 Å². The van der Waals surface area contributed by atoms with Crippen LogP contribution in [0, 0.1) is 0 Å². The van der Waals surface area contributed by atoms with Gasteiger partial charge in [0.2, 0.25) is 0 Å². The first kappa shape index (κ1) is 17.5. The molecule has 0 saturated carbocycles. The van der Waals surface area contributed by atoms with Crippen LogP contribution in [0.15, 0.2) is 53.6 Å². The van der Waals surface area contributed by atoms with Crippen molar-refractivity contribution in [3.05, 3.63) is 59.7 Å². The summed E-state index contributed by atoms with van der Waals surface area (Å²) >= 11 is 0. The van der Waals surface area contributed by atoms with Gasteiger partial charge < -0.3 is 10.5 Å². The first-order chi connectivity index (χ1) is 11.7. The second kappa shape index (κ2) is 9.35. The number of nitrogens with zero attached hydrogens (tertiary/aromatic N) is 1. The largest absolute Gasteiger partial charge is 0.494 e. The SMILES string of the molecule is CCCCCOc1ccc(/C=N\NC(=O)c2ccccc2N)cc1. The van der Waals surface area contributed by atoms with Gasteiger partial charge in [0.25, 0.3) is 5.91 Å². The summed E-state index contributed by atoms with van der Waals surface area (Å²) in [5.74, 6) is 0.504. The number of nitrogen functional groups attached to an aromatic ring is 1. The van der Waals surface area contributed by atoms with E-state index < -0.39 is 0 Å². The topological polar surface area (TPSA) is 76.7 Å². The number of hydrogen-bond donors (Lipinski definition) is 2. The zero-order valence-corrected chi connectivity index (χ0v) is 13.9. The van der Waals surface area contributed by atoms with Crippen molar-refractivity contribution in [2.45, 2.75) is 26.2 Å². The molecule has 0 aliphatic rings. The fourth-order valence-corrected chi connectivity index (χ4v) is 2.12. The fraction of sp³-hybridized carbons (Fsp3) is 0.263. The summed E-state index contributed by atoms with van der Waals surface area (Å²) in [5.41, 5.74) is 9.93. The van der Waals surface area contributed by atoms with Gasteiger partial charge in [-0.3, -0.25) is 4.79 Å². The fourth-order valence-electron chi connectivity index (χ4n) is 2.12. The molecule has 24 heavy (non-hydrogen) atoms. The summed E-state index contributed by atoms with van der Waals surface area (Å²) in [7, 11) is 0. The lowest BCUT2D eigenvalue weighted by Crippen LogP contribution is -2.18. The molecule has 0 heterocycles. The molecule has 2 aromatic carbocycles. The minimum Gasteiger partial charge on any atom is -0.494 e. The third-order valence-corrected chi connectivity index (χ3v) is 3.48. The lowest BCUT2D eigenvalue weighted by Gasteiger charge is -2.05. The molecule has 0 fully saturated rings. The van der Waals surface area contributed by atoms with Gasteiger partial charge in [-0.2, -0.15) is 5.10 Å². The molecule has 0 saturated heterocycles. The number of carbonyl (C=O) groups excluding carboxylic acids is 1. The zero-order chi connectivity index (χ0) is 17.2. The summed E-state index contributed by atoms with van der Waals surface area (Å²) in [6.45, 7) is 2.90. The number of amides is 1. The Morgan fingerprint density at radius 1 is 1.17 bits per heavy atom. The number of benzene rings is 2. The molecule has 5 heteroatoms. The number of hydrogen-bond acceptors (Lipinski definition) is 4. The molecule has 2 aromatic rings. The van der Waals surface area contributed by atoms with Crippen LogP contribution in [0.1, 0.15) is 42.1 Å². The number of hydrazone groups is 1. The summed E-state index contributed by atoms with van der Waals surface area (Å²) in [4.78, 5) is 12.0.